The first-order valence-corrected chi connectivity index (χ1v) is 11.8. The van der Waals surface area contributed by atoms with Crippen LogP contribution in [0.2, 0.25) is 0 Å². The molecule has 1 amide bonds. The molecule has 11 heteroatoms. The number of aromatic nitrogens is 2. The summed E-state index contributed by atoms with van der Waals surface area (Å²) in [7, 11) is -0.676. The van der Waals surface area contributed by atoms with Crippen molar-refractivity contribution in [3.63, 3.8) is 0 Å². The number of anilines is 1. The van der Waals surface area contributed by atoms with Gasteiger partial charge in [-0.1, -0.05) is 23.9 Å². The molecule has 0 saturated heterocycles. The van der Waals surface area contributed by atoms with E-state index in [-0.39, 0.29) is 16.0 Å². The summed E-state index contributed by atoms with van der Waals surface area (Å²) < 4.78 is 31.4. The Hall–Kier alpha value is -2.21. The largest absolute Gasteiger partial charge is 0.410 e. The zero-order valence-electron chi connectivity index (χ0n) is 16.2. The van der Waals surface area contributed by atoms with Crippen LogP contribution in [0.25, 0.3) is 10.8 Å². The second kappa shape index (κ2) is 8.66. The highest BCUT2D eigenvalue weighted by Crippen LogP contribution is 2.29. The van der Waals surface area contributed by atoms with Crippen LogP contribution < -0.4 is 5.32 Å². The number of amides is 1. The molecule has 1 atom stereocenters. The summed E-state index contributed by atoms with van der Waals surface area (Å²) in [4.78, 5) is 13.6. The minimum absolute atomic E-state index is 0.112. The Kier molecular flexibility index (Phi) is 6.42. The Morgan fingerprint density at radius 2 is 2.03 bits per heavy atom. The number of rotatable bonds is 7. The first kappa shape index (κ1) is 21.5. The van der Waals surface area contributed by atoms with Gasteiger partial charge in [0.05, 0.1) is 15.0 Å². The molecular formula is C18H20N4O4S3. The molecule has 2 heterocycles. The van der Waals surface area contributed by atoms with E-state index < -0.39 is 15.3 Å². The lowest BCUT2D eigenvalue weighted by Crippen LogP contribution is -2.24. The van der Waals surface area contributed by atoms with Gasteiger partial charge in [-0.25, -0.2) is 12.7 Å². The van der Waals surface area contributed by atoms with Crippen LogP contribution in [0.3, 0.4) is 0 Å². The summed E-state index contributed by atoms with van der Waals surface area (Å²) in [6.45, 7) is 3.51. The van der Waals surface area contributed by atoms with E-state index in [2.05, 4.69) is 15.5 Å². The van der Waals surface area contributed by atoms with Crippen molar-refractivity contribution in [1.82, 2.24) is 14.5 Å². The third-order valence-electron chi connectivity index (χ3n) is 4.03. The van der Waals surface area contributed by atoms with Crippen LogP contribution in [-0.2, 0) is 14.8 Å². The second-order valence-corrected chi connectivity index (χ2v) is 10.8. The maximum Gasteiger partial charge on any atom is 0.277 e. The molecule has 8 nitrogen and oxygen atoms in total. The first-order chi connectivity index (χ1) is 13.7. The Bertz CT molecular complexity index is 1110. The predicted molar refractivity (Wildman–Crippen MR) is 114 cm³/mol. The number of nitrogens with zero attached hydrogens (tertiary/aromatic N) is 3. The van der Waals surface area contributed by atoms with Crippen LogP contribution in [-0.4, -0.2) is 48.2 Å². The number of nitrogens with one attached hydrogen (secondary N) is 1. The molecule has 0 aliphatic heterocycles. The van der Waals surface area contributed by atoms with Crippen LogP contribution in [0.5, 0.6) is 0 Å². The van der Waals surface area contributed by atoms with Crippen molar-refractivity contribution in [1.29, 1.82) is 0 Å². The van der Waals surface area contributed by atoms with Gasteiger partial charge in [0.15, 0.2) is 0 Å². The lowest BCUT2D eigenvalue weighted by atomic mass is 10.2. The lowest BCUT2D eigenvalue weighted by molar-refractivity contribution is -0.115. The van der Waals surface area contributed by atoms with E-state index >= 15 is 0 Å². The summed E-state index contributed by atoms with van der Waals surface area (Å²) in [5.41, 5.74) is 1.20. The number of thiophene rings is 1. The summed E-state index contributed by atoms with van der Waals surface area (Å²) >= 11 is 2.62. The topological polar surface area (TPSA) is 105 Å². The molecule has 1 N–H and O–H groups in total. The quantitative estimate of drug-likeness (QED) is 0.547. The van der Waals surface area contributed by atoms with Gasteiger partial charge in [-0.3, -0.25) is 4.79 Å². The van der Waals surface area contributed by atoms with Crippen LogP contribution in [0.4, 0.5) is 5.69 Å². The van der Waals surface area contributed by atoms with Crippen LogP contribution in [0.1, 0.15) is 12.5 Å². The zero-order valence-corrected chi connectivity index (χ0v) is 18.7. The lowest BCUT2D eigenvalue weighted by Gasteiger charge is -2.15. The molecule has 2 aromatic heterocycles. The maximum absolute atomic E-state index is 12.6. The number of carbonyl (C=O) groups excluding carboxylic acids is 1. The second-order valence-electron chi connectivity index (χ2n) is 6.36. The van der Waals surface area contributed by atoms with Crippen molar-refractivity contribution in [2.75, 3.05) is 19.4 Å². The minimum Gasteiger partial charge on any atom is -0.410 e. The average Bonchev–Trinajstić information content (AvgIpc) is 3.34. The van der Waals surface area contributed by atoms with Crippen LogP contribution in [0.15, 0.2) is 50.2 Å². The number of hydrogen-bond donors (Lipinski definition) is 1. The number of benzene rings is 1. The first-order valence-electron chi connectivity index (χ1n) is 8.56. The van der Waals surface area contributed by atoms with Gasteiger partial charge in [0.25, 0.3) is 11.1 Å². The molecule has 154 valence electrons. The molecule has 0 aliphatic rings. The highest BCUT2D eigenvalue weighted by Gasteiger charge is 2.22. The van der Waals surface area contributed by atoms with Gasteiger partial charge >= 0.3 is 0 Å². The molecule has 1 unspecified atom stereocenters. The highest BCUT2D eigenvalue weighted by atomic mass is 32.2. The third kappa shape index (κ3) is 4.86. The maximum atomic E-state index is 12.6. The van der Waals surface area contributed by atoms with Gasteiger partial charge in [-0.05, 0) is 43.0 Å². The van der Waals surface area contributed by atoms with Gasteiger partial charge in [-0.2, -0.15) is 0 Å². The van der Waals surface area contributed by atoms with E-state index in [0.717, 1.165) is 26.5 Å². The van der Waals surface area contributed by atoms with Gasteiger partial charge in [0.1, 0.15) is 0 Å². The fourth-order valence-electron chi connectivity index (χ4n) is 2.30. The fourth-order valence-corrected chi connectivity index (χ4v) is 4.56. The van der Waals surface area contributed by atoms with Crippen molar-refractivity contribution < 1.29 is 17.6 Å². The Morgan fingerprint density at radius 1 is 1.28 bits per heavy atom. The van der Waals surface area contributed by atoms with E-state index in [9.17, 15) is 13.2 Å². The number of thioether (sulfide) groups is 1. The van der Waals surface area contributed by atoms with Gasteiger partial charge in [-0.15, -0.1) is 21.5 Å². The van der Waals surface area contributed by atoms with Crippen molar-refractivity contribution >= 4 is 44.7 Å². The normalized spacial score (nSPS) is 12.9. The monoisotopic (exact) mass is 452 g/mol. The summed E-state index contributed by atoms with van der Waals surface area (Å²) in [5, 5.41) is 12.4. The van der Waals surface area contributed by atoms with Gasteiger partial charge in [0, 0.05) is 19.8 Å². The van der Waals surface area contributed by atoms with E-state index in [1.54, 1.807) is 19.9 Å². The molecule has 0 radical (unpaired) electrons. The summed E-state index contributed by atoms with van der Waals surface area (Å²) in [6.07, 6.45) is 0. The molecule has 0 fully saturated rings. The van der Waals surface area contributed by atoms with E-state index in [0.29, 0.717) is 11.6 Å². The molecule has 3 aromatic rings. The number of carbonyl (C=O) groups is 1. The predicted octanol–water partition coefficient (Wildman–Crippen LogP) is 3.48. The van der Waals surface area contributed by atoms with Gasteiger partial charge < -0.3 is 9.73 Å². The smallest absolute Gasteiger partial charge is 0.277 e. The number of hydrogen-bond acceptors (Lipinski definition) is 8. The third-order valence-corrected chi connectivity index (χ3v) is 7.63. The van der Waals surface area contributed by atoms with Gasteiger partial charge in [0.2, 0.25) is 15.9 Å². The van der Waals surface area contributed by atoms with Crippen molar-refractivity contribution in [3.05, 3.63) is 41.3 Å². The standard InChI is InChI=1S/C18H20N4O4S3/c1-11-7-8-13(29(24,25)22(3)4)10-14(11)19-16(23)12(2)28-18-21-20-17(26-18)15-6-5-9-27-15/h5-10,12H,1-4H3,(H,19,23). The summed E-state index contributed by atoms with van der Waals surface area (Å²) in [6, 6.07) is 8.40. The molecule has 0 aliphatic carbocycles. The molecule has 0 bridgehead atoms. The van der Waals surface area contributed by atoms with Crippen LogP contribution >= 0.6 is 23.1 Å². The molecule has 29 heavy (non-hydrogen) atoms. The highest BCUT2D eigenvalue weighted by molar-refractivity contribution is 8.00. The number of sulfonamides is 1. The molecule has 1 aromatic carbocycles. The minimum atomic E-state index is -3.59. The SMILES string of the molecule is Cc1ccc(S(=O)(=O)N(C)C)cc1NC(=O)C(C)Sc1nnc(-c2cccs2)o1. The van der Waals surface area contributed by atoms with E-state index in [1.807, 2.05) is 17.5 Å². The Labute approximate surface area is 177 Å². The molecule has 0 saturated carbocycles. The summed E-state index contributed by atoms with van der Waals surface area (Å²) in [5.74, 6) is 0.112. The van der Waals surface area contributed by atoms with E-state index in [4.69, 9.17) is 4.42 Å². The molecule has 3 rings (SSSR count). The van der Waals surface area contributed by atoms with E-state index in [1.165, 1.54) is 37.6 Å². The average molecular weight is 453 g/mol. The zero-order chi connectivity index (χ0) is 21.2. The fraction of sp³-hybridized carbons (Fsp3) is 0.278. The molecular weight excluding hydrogens is 432 g/mol. The Balaban J connectivity index is 1.71. The Morgan fingerprint density at radius 3 is 2.69 bits per heavy atom. The molecule has 0 spiro atoms. The van der Waals surface area contributed by atoms with Crippen molar-refractivity contribution in [2.45, 2.75) is 29.2 Å². The number of aryl methyl sites for hydroxylation is 1. The van der Waals surface area contributed by atoms with Crippen molar-refractivity contribution in [2.24, 2.45) is 0 Å². The van der Waals surface area contributed by atoms with Crippen LogP contribution in [0, 0.1) is 6.92 Å². The van der Waals surface area contributed by atoms with Crippen molar-refractivity contribution in [3.8, 4) is 10.8 Å².